The molecule has 0 aliphatic carbocycles. The van der Waals surface area contributed by atoms with Gasteiger partial charge in [0.2, 0.25) is 0 Å². The Hall–Kier alpha value is -3.46. The summed E-state index contributed by atoms with van der Waals surface area (Å²) in [5, 5.41) is 9.14. The van der Waals surface area contributed by atoms with Crippen LogP contribution < -0.4 is 4.74 Å². The monoisotopic (exact) mass is 366 g/mol. The van der Waals surface area contributed by atoms with Gasteiger partial charge in [0.1, 0.15) is 11.4 Å². The van der Waals surface area contributed by atoms with Crippen LogP contribution in [0.4, 0.5) is 0 Å². The van der Waals surface area contributed by atoms with Gasteiger partial charge in [-0.3, -0.25) is 0 Å². The summed E-state index contributed by atoms with van der Waals surface area (Å²) < 4.78 is 5.31. The largest absolute Gasteiger partial charge is 0.497 e. The lowest BCUT2D eigenvalue weighted by molar-refractivity contribution is 0.415. The molecule has 0 fully saturated rings. The normalized spacial score (nSPS) is 10.7. The van der Waals surface area contributed by atoms with Gasteiger partial charge < -0.3 is 4.74 Å². The van der Waals surface area contributed by atoms with Gasteiger partial charge in [-0.2, -0.15) is 0 Å². The highest BCUT2D eigenvalue weighted by molar-refractivity contribution is 5.83. The minimum atomic E-state index is 0.835. The zero-order valence-corrected chi connectivity index (χ0v) is 16.3. The van der Waals surface area contributed by atoms with Crippen molar-refractivity contribution in [2.45, 2.75) is 13.8 Å². The van der Waals surface area contributed by atoms with E-state index in [1.165, 1.54) is 11.1 Å². The van der Waals surface area contributed by atoms with Gasteiger partial charge in [0.15, 0.2) is 0 Å². The number of ether oxygens (including phenoxy) is 1. The maximum absolute atomic E-state index is 5.31. The van der Waals surface area contributed by atoms with Crippen molar-refractivity contribution >= 4 is 0 Å². The maximum Gasteiger partial charge on any atom is 0.118 e. The van der Waals surface area contributed by atoms with Gasteiger partial charge in [0.25, 0.3) is 0 Å². The number of hydrogen-bond donors (Lipinski definition) is 0. The Morgan fingerprint density at radius 3 is 1.71 bits per heavy atom. The summed E-state index contributed by atoms with van der Waals surface area (Å²) in [6.45, 7) is 4.17. The number of rotatable bonds is 4. The van der Waals surface area contributed by atoms with Crippen molar-refractivity contribution in [1.29, 1.82) is 0 Å². The molecule has 0 aliphatic rings. The van der Waals surface area contributed by atoms with Gasteiger partial charge in [-0.05, 0) is 37.6 Å². The first kappa shape index (κ1) is 17.9. The summed E-state index contributed by atoms with van der Waals surface area (Å²) >= 11 is 0. The van der Waals surface area contributed by atoms with E-state index in [-0.39, 0.29) is 0 Å². The van der Waals surface area contributed by atoms with E-state index < -0.39 is 0 Å². The van der Waals surface area contributed by atoms with Crippen molar-refractivity contribution in [2.24, 2.45) is 0 Å². The first-order valence-corrected chi connectivity index (χ1v) is 9.30. The van der Waals surface area contributed by atoms with Crippen LogP contribution in [0.1, 0.15) is 11.1 Å². The summed E-state index contributed by atoms with van der Waals surface area (Å²) in [5.74, 6) is 0.835. The SMILES string of the molecule is COc1ccc(-c2cc(-c3ccc(C)cc3)nnc2-c2ccc(C)cc2)cc1. The molecule has 3 heteroatoms. The third kappa shape index (κ3) is 3.65. The quantitative estimate of drug-likeness (QED) is 0.437. The van der Waals surface area contributed by atoms with Crippen LogP contribution in [-0.2, 0) is 0 Å². The number of aryl methyl sites for hydroxylation is 2. The van der Waals surface area contributed by atoms with Crippen LogP contribution in [0, 0.1) is 13.8 Å². The molecule has 0 saturated carbocycles. The second kappa shape index (κ2) is 7.65. The molecule has 138 valence electrons. The summed E-state index contributed by atoms with van der Waals surface area (Å²) in [6, 6.07) is 26.9. The molecule has 0 saturated heterocycles. The Balaban J connectivity index is 1.87. The van der Waals surface area contributed by atoms with Crippen molar-refractivity contribution in [2.75, 3.05) is 7.11 Å². The lowest BCUT2D eigenvalue weighted by Gasteiger charge is -2.12. The Morgan fingerprint density at radius 2 is 1.14 bits per heavy atom. The lowest BCUT2D eigenvalue weighted by atomic mass is 9.97. The Morgan fingerprint density at radius 1 is 0.607 bits per heavy atom. The standard InChI is InChI=1S/C25H22N2O/c1-17-4-8-20(9-5-17)24-16-23(19-12-14-22(28-3)15-13-19)25(27-26-24)21-10-6-18(2)7-11-21/h4-16H,1-3H3. The first-order chi connectivity index (χ1) is 13.6. The van der Waals surface area contributed by atoms with Crippen molar-refractivity contribution in [1.82, 2.24) is 10.2 Å². The highest BCUT2D eigenvalue weighted by Crippen LogP contribution is 2.33. The predicted molar refractivity (Wildman–Crippen MR) is 114 cm³/mol. The molecule has 0 N–H and O–H groups in total. The smallest absolute Gasteiger partial charge is 0.118 e. The Labute approximate surface area is 165 Å². The second-order valence-electron chi connectivity index (χ2n) is 6.95. The van der Waals surface area contributed by atoms with E-state index in [1.807, 2.05) is 12.1 Å². The number of aromatic nitrogens is 2. The molecule has 1 aromatic heterocycles. The van der Waals surface area contributed by atoms with Crippen LogP contribution in [0.25, 0.3) is 33.6 Å². The molecular formula is C25H22N2O. The number of nitrogens with zero attached hydrogens (tertiary/aromatic N) is 2. The van der Waals surface area contributed by atoms with E-state index in [0.717, 1.165) is 39.4 Å². The topological polar surface area (TPSA) is 35.0 Å². The van der Waals surface area contributed by atoms with Crippen molar-refractivity contribution in [3.63, 3.8) is 0 Å². The van der Waals surface area contributed by atoms with Crippen LogP contribution in [-0.4, -0.2) is 17.3 Å². The minimum Gasteiger partial charge on any atom is -0.497 e. The number of methoxy groups -OCH3 is 1. The fraction of sp³-hybridized carbons (Fsp3) is 0.120. The van der Waals surface area contributed by atoms with E-state index in [2.05, 4.69) is 90.8 Å². The van der Waals surface area contributed by atoms with Gasteiger partial charge in [-0.15, -0.1) is 10.2 Å². The minimum absolute atomic E-state index is 0.835. The fourth-order valence-corrected chi connectivity index (χ4v) is 3.17. The molecule has 0 radical (unpaired) electrons. The Bertz CT molecular complexity index is 1080. The third-order valence-corrected chi connectivity index (χ3v) is 4.87. The summed E-state index contributed by atoms with van der Waals surface area (Å²) in [5.41, 5.74) is 8.43. The highest BCUT2D eigenvalue weighted by atomic mass is 16.5. The molecule has 28 heavy (non-hydrogen) atoms. The summed E-state index contributed by atoms with van der Waals surface area (Å²) in [6.07, 6.45) is 0. The van der Waals surface area contributed by atoms with Gasteiger partial charge in [0, 0.05) is 16.7 Å². The molecule has 0 spiro atoms. The molecule has 0 atom stereocenters. The molecule has 4 aromatic rings. The van der Waals surface area contributed by atoms with E-state index in [9.17, 15) is 0 Å². The van der Waals surface area contributed by atoms with Crippen LogP contribution in [0.15, 0.2) is 78.9 Å². The van der Waals surface area contributed by atoms with Crippen LogP contribution >= 0.6 is 0 Å². The van der Waals surface area contributed by atoms with Gasteiger partial charge >= 0.3 is 0 Å². The van der Waals surface area contributed by atoms with Gasteiger partial charge in [-0.1, -0.05) is 71.8 Å². The average Bonchev–Trinajstić information content (AvgIpc) is 2.75. The second-order valence-corrected chi connectivity index (χ2v) is 6.95. The van der Waals surface area contributed by atoms with Crippen LogP contribution in [0.3, 0.4) is 0 Å². The molecule has 4 rings (SSSR count). The Kier molecular flexibility index (Phi) is 4.90. The highest BCUT2D eigenvalue weighted by Gasteiger charge is 2.13. The zero-order chi connectivity index (χ0) is 19.5. The number of hydrogen-bond acceptors (Lipinski definition) is 3. The van der Waals surface area contributed by atoms with Crippen molar-refractivity contribution in [3.05, 3.63) is 90.0 Å². The average molecular weight is 366 g/mol. The van der Waals surface area contributed by atoms with E-state index in [0.29, 0.717) is 0 Å². The van der Waals surface area contributed by atoms with Gasteiger partial charge in [0.05, 0.1) is 12.8 Å². The third-order valence-electron chi connectivity index (χ3n) is 4.87. The molecule has 3 aromatic carbocycles. The molecule has 0 aliphatic heterocycles. The van der Waals surface area contributed by atoms with Crippen LogP contribution in [0.5, 0.6) is 5.75 Å². The predicted octanol–water partition coefficient (Wildman–Crippen LogP) is 6.10. The fourth-order valence-electron chi connectivity index (χ4n) is 3.17. The molecule has 0 amide bonds. The molecule has 0 bridgehead atoms. The van der Waals surface area contributed by atoms with E-state index in [4.69, 9.17) is 4.74 Å². The zero-order valence-electron chi connectivity index (χ0n) is 16.3. The van der Waals surface area contributed by atoms with Crippen molar-refractivity contribution in [3.8, 4) is 39.4 Å². The molecule has 3 nitrogen and oxygen atoms in total. The van der Waals surface area contributed by atoms with E-state index in [1.54, 1.807) is 7.11 Å². The maximum atomic E-state index is 5.31. The molecular weight excluding hydrogens is 344 g/mol. The van der Waals surface area contributed by atoms with E-state index >= 15 is 0 Å². The molecule has 0 unspecified atom stereocenters. The number of benzene rings is 3. The van der Waals surface area contributed by atoms with Crippen LogP contribution in [0.2, 0.25) is 0 Å². The molecule has 1 heterocycles. The first-order valence-electron chi connectivity index (χ1n) is 9.30. The van der Waals surface area contributed by atoms with Crippen molar-refractivity contribution < 1.29 is 4.74 Å². The van der Waals surface area contributed by atoms with Gasteiger partial charge in [-0.25, -0.2) is 0 Å². The summed E-state index contributed by atoms with van der Waals surface area (Å²) in [7, 11) is 1.68. The lowest BCUT2D eigenvalue weighted by Crippen LogP contribution is -1.96. The summed E-state index contributed by atoms with van der Waals surface area (Å²) in [4.78, 5) is 0.